The summed E-state index contributed by atoms with van der Waals surface area (Å²) >= 11 is 0. The number of nitrogens with zero attached hydrogens (tertiary/aromatic N) is 2. The molecule has 28 heavy (non-hydrogen) atoms. The normalized spacial score (nSPS) is 19.4. The van der Waals surface area contributed by atoms with E-state index in [9.17, 15) is 4.79 Å². The molecule has 8 nitrogen and oxygen atoms in total. The van der Waals surface area contributed by atoms with Gasteiger partial charge in [-0.15, -0.1) is 0 Å². The van der Waals surface area contributed by atoms with E-state index in [2.05, 4.69) is 17.1 Å². The van der Waals surface area contributed by atoms with Crippen molar-refractivity contribution in [2.75, 3.05) is 48.1 Å². The molecule has 0 aliphatic carbocycles. The molecule has 1 aliphatic heterocycles. The molecular weight excluding hydrogens is 362 g/mol. The van der Waals surface area contributed by atoms with Crippen LogP contribution in [0.25, 0.3) is 0 Å². The van der Waals surface area contributed by atoms with Crippen LogP contribution < -0.4 is 19.5 Å². The van der Waals surface area contributed by atoms with Gasteiger partial charge in [-0.2, -0.15) is 0 Å². The van der Waals surface area contributed by atoms with Gasteiger partial charge in [-0.25, -0.2) is 4.99 Å². The molecular formula is C20H31N3O5. The first-order valence-electron chi connectivity index (χ1n) is 9.38. The van der Waals surface area contributed by atoms with E-state index >= 15 is 0 Å². The SMILES string of the molecule is CCNC(=NCc1cc(OC)c(OC)cc1OC)N1CC(C)C(C(=O)OC)C1. The predicted molar refractivity (Wildman–Crippen MR) is 107 cm³/mol. The van der Waals surface area contributed by atoms with Gasteiger partial charge in [-0.3, -0.25) is 4.79 Å². The Morgan fingerprint density at radius 3 is 2.32 bits per heavy atom. The van der Waals surface area contributed by atoms with E-state index in [-0.39, 0.29) is 17.8 Å². The number of likely N-dealkylation sites (tertiary alicyclic amines) is 1. The monoisotopic (exact) mass is 393 g/mol. The van der Waals surface area contributed by atoms with Gasteiger partial charge in [-0.1, -0.05) is 6.92 Å². The molecule has 0 saturated carbocycles. The summed E-state index contributed by atoms with van der Waals surface area (Å²) in [5.74, 6) is 2.55. The van der Waals surface area contributed by atoms with Crippen LogP contribution in [0.15, 0.2) is 17.1 Å². The van der Waals surface area contributed by atoms with Crippen LogP contribution in [0.2, 0.25) is 0 Å². The van der Waals surface area contributed by atoms with Gasteiger partial charge in [0.1, 0.15) is 5.75 Å². The molecule has 0 bridgehead atoms. The smallest absolute Gasteiger partial charge is 0.310 e. The first kappa shape index (κ1) is 21.7. The van der Waals surface area contributed by atoms with E-state index in [0.717, 1.165) is 24.6 Å². The van der Waals surface area contributed by atoms with Crippen LogP contribution in [0.5, 0.6) is 17.2 Å². The number of carbonyl (C=O) groups is 1. The fourth-order valence-corrected chi connectivity index (χ4v) is 3.40. The fraction of sp³-hybridized carbons (Fsp3) is 0.600. The number of hydrogen-bond donors (Lipinski definition) is 1. The lowest BCUT2D eigenvalue weighted by molar-refractivity contribution is -0.145. The molecule has 8 heteroatoms. The van der Waals surface area contributed by atoms with Gasteiger partial charge in [-0.05, 0) is 18.9 Å². The van der Waals surface area contributed by atoms with Gasteiger partial charge >= 0.3 is 5.97 Å². The van der Waals surface area contributed by atoms with Gasteiger partial charge < -0.3 is 29.2 Å². The third-order valence-electron chi connectivity index (χ3n) is 4.94. The molecule has 0 spiro atoms. The molecule has 2 rings (SSSR count). The van der Waals surface area contributed by atoms with Crippen LogP contribution in [0, 0.1) is 11.8 Å². The van der Waals surface area contributed by atoms with Crippen LogP contribution in [0.3, 0.4) is 0 Å². The van der Waals surface area contributed by atoms with Crippen molar-refractivity contribution >= 4 is 11.9 Å². The number of rotatable bonds is 7. The number of methoxy groups -OCH3 is 4. The van der Waals surface area contributed by atoms with Crippen LogP contribution in [0.1, 0.15) is 19.4 Å². The second-order valence-electron chi connectivity index (χ2n) is 6.70. The van der Waals surface area contributed by atoms with Crippen LogP contribution >= 0.6 is 0 Å². The van der Waals surface area contributed by atoms with E-state index < -0.39 is 0 Å². The first-order chi connectivity index (χ1) is 13.5. The van der Waals surface area contributed by atoms with E-state index in [1.807, 2.05) is 13.0 Å². The standard InChI is InChI=1S/C20H31N3O5/c1-7-21-20(23-11-13(2)15(12-23)19(24)28-6)22-10-14-8-17(26-4)18(27-5)9-16(14)25-3/h8-9,13,15H,7,10-12H2,1-6H3,(H,21,22). The van der Waals surface area contributed by atoms with Gasteiger partial charge in [0.05, 0.1) is 40.9 Å². The highest BCUT2D eigenvalue weighted by Gasteiger charge is 2.36. The number of guanidine groups is 1. The summed E-state index contributed by atoms with van der Waals surface area (Å²) in [5.41, 5.74) is 0.882. The van der Waals surface area contributed by atoms with Crippen molar-refractivity contribution in [2.45, 2.75) is 20.4 Å². The Hall–Kier alpha value is -2.64. The Kier molecular flexibility index (Phi) is 7.78. The molecule has 0 radical (unpaired) electrons. The molecule has 1 N–H and O–H groups in total. The second-order valence-corrected chi connectivity index (χ2v) is 6.70. The van der Waals surface area contributed by atoms with E-state index in [1.165, 1.54) is 7.11 Å². The zero-order valence-corrected chi connectivity index (χ0v) is 17.6. The lowest BCUT2D eigenvalue weighted by Crippen LogP contribution is -2.40. The fourth-order valence-electron chi connectivity index (χ4n) is 3.40. The maximum atomic E-state index is 12.0. The van der Waals surface area contributed by atoms with E-state index in [1.54, 1.807) is 27.4 Å². The number of nitrogens with one attached hydrogen (secondary N) is 1. The second kappa shape index (κ2) is 10.1. The number of aliphatic imine (C=N–C) groups is 1. The topological polar surface area (TPSA) is 81.6 Å². The van der Waals surface area contributed by atoms with E-state index in [0.29, 0.717) is 30.3 Å². The van der Waals surface area contributed by atoms with Crippen molar-refractivity contribution in [1.82, 2.24) is 10.2 Å². The molecule has 1 fully saturated rings. The third kappa shape index (κ3) is 4.79. The number of carbonyl (C=O) groups excluding carboxylic acids is 1. The largest absolute Gasteiger partial charge is 0.496 e. The van der Waals surface area contributed by atoms with E-state index in [4.69, 9.17) is 23.9 Å². The molecule has 1 saturated heterocycles. The average Bonchev–Trinajstić information content (AvgIpc) is 3.11. The number of hydrogen-bond acceptors (Lipinski definition) is 6. The first-order valence-corrected chi connectivity index (χ1v) is 9.38. The quantitative estimate of drug-likeness (QED) is 0.431. The summed E-state index contributed by atoms with van der Waals surface area (Å²) in [4.78, 5) is 18.9. The van der Waals surface area contributed by atoms with Crippen molar-refractivity contribution in [1.29, 1.82) is 0 Å². The molecule has 2 atom stereocenters. The minimum absolute atomic E-state index is 0.149. The van der Waals surface area contributed by atoms with Crippen molar-refractivity contribution in [3.63, 3.8) is 0 Å². The van der Waals surface area contributed by atoms with Gasteiger partial charge in [0.15, 0.2) is 17.5 Å². The Morgan fingerprint density at radius 1 is 1.11 bits per heavy atom. The highest BCUT2D eigenvalue weighted by atomic mass is 16.5. The number of esters is 1. The molecule has 2 unspecified atom stereocenters. The summed E-state index contributed by atoms with van der Waals surface area (Å²) in [7, 11) is 6.23. The molecule has 1 aromatic carbocycles. The number of benzene rings is 1. The molecule has 1 aliphatic rings. The average molecular weight is 393 g/mol. The van der Waals surface area contributed by atoms with Crippen molar-refractivity contribution < 1.29 is 23.7 Å². The summed E-state index contributed by atoms with van der Waals surface area (Å²) < 4.78 is 21.1. The minimum Gasteiger partial charge on any atom is -0.496 e. The molecule has 0 amide bonds. The van der Waals surface area contributed by atoms with Crippen LogP contribution in [-0.2, 0) is 16.1 Å². The predicted octanol–water partition coefficient (Wildman–Crippen LogP) is 1.92. The molecule has 156 valence electrons. The summed E-state index contributed by atoms with van der Waals surface area (Å²) in [6.45, 7) is 6.54. The Bertz CT molecular complexity index is 707. The molecule has 0 aromatic heterocycles. The third-order valence-corrected chi connectivity index (χ3v) is 4.94. The van der Waals surface area contributed by atoms with Crippen molar-refractivity contribution in [3.05, 3.63) is 17.7 Å². The highest BCUT2D eigenvalue weighted by molar-refractivity contribution is 5.82. The Morgan fingerprint density at radius 2 is 1.75 bits per heavy atom. The Balaban J connectivity index is 2.25. The van der Waals surface area contributed by atoms with Crippen molar-refractivity contribution in [3.8, 4) is 17.2 Å². The zero-order valence-electron chi connectivity index (χ0n) is 17.6. The maximum Gasteiger partial charge on any atom is 0.310 e. The highest BCUT2D eigenvalue weighted by Crippen LogP contribution is 2.35. The zero-order chi connectivity index (χ0) is 20.7. The minimum atomic E-state index is -0.174. The van der Waals surface area contributed by atoms with Gasteiger partial charge in [0.25, 0.3) is 0 Å². The van der Waals surface area contributed by atoms with Gasteiger partial charge in [0, 0.05) is 31.3 Å². The summed E-state index contributed by atoms with van der Waals surface area (Å²) in [5, 5.41) is 3.31. The van der Waals surface area contributed by atoms with Crippen LogP contribution in [-0.4, -0.2) is 64.9 Å². The Labute approximate surface area is 166 Å². The van der Waals surface area contributed by atoms with Gasteiger partial charge in [0.2, 0.25) is 0 Å². The van der Waals surface area contributed by atoms with Crippen LogP contribution in [0.4, 0.5) is 0 Å². The lowest BCUT2D eigenvalue weighted by Gasteiger charge is -2.22. The van der Waals surface area contributed by atoms with Crippen molar-refractivity contribution in [2.24, 2.45) is 16.8 Å². The summed E-state index contributed by atoms with van der Waals surface area (Å²) in [6, 6.07) is 3.66. The molecule has 1 heterocycles. The number of ether oxygens (including phenoxy) is 4. The maximum absolute atomic E-state index is 12.0. The lowest BCUT2D eigenvalue weighted by atomic mass is 9.99. The summed E-state index contributed by atoms with van der Waals surface area (Å²) in [6.07, 6.45) is 0. The molecule has 1 aromatic rings.